The van der Waals surface area contributed by atoms with Gasteiger partial charge in [-0.05, 0) is 49.4 Å². The lowest BCUT2D eigenvalue weighted by molar-refractivity contribution is -0.130. The van der Waals surface area contributed by atoms with E-state index in [2.05, 4.69) is 19.2 Å². The van der Waals surface area contributed by atoms with Gasteiger partial charge in [0, 0.05) is 6.04 Å². The number of hydrogen-bond acceptors (Lipinski definition) is 4. The van der Waals surface area contributed by atoms with Crippen LogP contribution in [0.25, 0.3) is 0 Å². The summed E-state index contributed by atoms with van der Waals surface area (Å²) in [5.74, 6) is 0.180. The summed E-state index contributed by atoms with van der Waals surface area (Å²) in [5, 5.41) is 11.8. The third kappa shape index (κ3) is 4.35. The number of benzene rings is 1. The van der Waals surface area contributed by atoms with Gasteiger partial charge in [-0.1, -0.05) is 26.7 Å². The number of nitrogens with zero attached hydrogens (tertiary/aromatic N) is 1. The molecule has 1 aromatic carbocycles. The third-order valence-electron chi connectivity index (χ3n) is 4.94. The van der Waals surface area contributed by atoms with Crippen LogP contribution in [-0.2, 0) is 9.53 Å². The first-order valence-electron chi connectivity index (χ1n) is 8.44. The fraction of sp³-hybridized carbons (Fsp3) is 0.526. The van der Waals surface area contributed by atoms with Gasteiger partial charge >= 0.3 is 5.97 Å². The van der Waals surface area contributed by atoms with E-state index in [-0.39, 0.29) is 11.9 Å². The molecule has 0 spiro atoms. The molecule has 1 aliphatic rings. The van der Waals surface area contributed by atoms with Gasteiger partial charge in [-0.2, -0.15) is 5.26 Å². The second-order valence-electron chi connectivity index (χ2n) is 6.62. The predicted octanol–water partition coefficient (Wildman–Crippen LogP) is 3.04. The van der Waals surface area contributed by atoms with Crippen molar-refractivity contribution < 1.29 is 14.3 Å². The van der Waals surface area contributed by atoms with Gasteiger partial charge < -0.3 is 10.1 Å². The maximum Gasteiger partial charge on any atom is 0.338 e. The van der Waals surface area contributed by atoms with Gasteiger partial charge in [-0.3, -0.25) is 4.79 Å². The molecular weight excluding hydrogens is 304 g/mol. The van der Waals surface area contributed by atoms with Crippen molar-refractivity contribution in [2.45, 2.75) is 52.2 Å². The van der Waals surface area contributed by atoms with Crippen LogP contribution in [0.4, 0.5) is 0 Å². The largest absolute Gasteiger partial charge is 0.449 e. The number of rotatable bonds is 4. The lowest BCUT2D eigenvalue weighted by Crippen LogP contribution is -2.47. The number of esters is 1. The Kier molecular flexibility index (Phi) is 5.97. The van der Waals surface area contributed by atoms with Gasteiger partial charge in [0.15, 0.2) is 6.10 Å². The van der Waals surface area contributed by atoms with Crippen molar-refractivity contribution in [2.24, 2.45) is 11.8 Å². The molecule has 0 unspecified atom stereocenters. The average Bonchev–Trinajstić information content (AvgIpc) is 2.58. The molecule has 1 aromatic rings. The summed E-state index contributed by atoms with van der Waals surface area (Å²) >= 11 is 0. The molecule has 1 N–H and O–H groups in total. The maximum atomic E-state index is 12.3. The van der Waals surface area contributed by atoms with Crippen molar-refractivity contribution in [1.82, 2.24) is 5.32 Å². The van der Waals surface area contributed by atoms with Crippen LogP contribution in [0.5, 0.6) is 0 Å². The lowest BCUT2D eigenvalue weighted by Gasteiger charge is -2.35. The Balaban J connectivity index is 1.90. The van der Waals surface area contributed by atoms with Crippen LogP contribution < -0.4 is 5.32 Å². The molecule has 4 atom stereocenters. The van der Waals surface area contributed by atoms with E-state index < -0.39 is 12.1 Å². The smallest absolute Gasteiger partial charge is 0.338 e. The fourth-order valence-electron chi connectivity index (χ4n) is 3.05. The first kappa shape index (κ1) is 18.0. The topological polar surface area (TPSA) is 79.2 Å². The van der Waals surface area contributed by atoms with E-state index in [9.17, 15) is 9.59 Å². The van der Waals surface area contributed by atoms with Crippen LogP contribution in [0.15, 0.2) is 24.3 Å². The first-order chi connectivity index (χ1) is 11.4. The van der Waals surface area contributed by atoms with Crippen molar-refractivity contribution in [2.75, 3.05) is 0 Å². The highest BCUT2D eigenvalue weighted by Gasteiger charge is 2.30. The van der Waals surface area contributed by atoms with Crippen LogP contribution >= 0.6 is 0 Å². The average molecular weight is 328 g/mol. The predicted molar refractivity (Wildman–Crippen MR) is 90.1 cm³/mol. The summed E-state index contributed by atoms with van der Waals surface area (Å²) in [6.07, 6.45) is 2.41. The van der Waals surface area contributed by atoms with Crippen molar-refractivity contribution in [3.05, 3.63) is 35.4 Å². The Morgan fingerprint density at radius 2 is 1.92 bits per heavy atom. The van der Waals surface area contributed by atoms with Gasteiger partial charge in [0.05, 0.1) is 17.2 Å². The molecular formula is C19H24N2O3. The molecule has 1 aliphatic carbocycles. The van der Waals surface area contributed by atoms with Gasteiger partial charge in [0.1, 0.15) is 0 Å². The summed E-state index contributed by atoms with van der Waals surface area (Å²) in [5.41, 5.74) is 0.797. The number of carbonyl (C=O) groups is 2. The molecule has 0 saturated heterocycles. The summed E-state index contributed by atoms with van der Waals surface area (Å²) in [4.78, 5) is 24.4. The highest BCUT2D eigenvalue weighted by Crippen LogP contribution is 2.29. The first-order valence-corrected chi connectivity index (χ1v) is 8.44. The lowest BCUT2D eigenvalue weighted by atomic mass is 9.78. The summed E-state index contributed by atoms with van der Waals surface area (Å²) < 4.78 is 5.24. The van der Waals surface area contributed by atoms with E-state index in [1.807, 2.05) is 6.07 Å². The second kappa shape index (κ2) is 7.96. The van der Waals surface area contributed by atoms with Crippen molar-refractivity contribution in [3.63, 3.8) is 0 Å². The summed E-state index contributed by atoms with van der Waals surface area (Å²) in [6.45, 7) is 5.94. The quantitative estimate of drug-likeness (QED) is 0.862. The number of nitriles is 1. The molecule has 1 amide bonds. The van der Waals surface area contributed by atoms with E-state index in [1.165, 1.54) is 18.6 Å². The molecule has 1 saturated carbocycles. The Hall–Kier alpha value is -2.35. The zero-order valence-corrected chi connectivity index (χ0v) is 14.4. The molecule has 0 bridgehead atoms. The SMILES string of the molecule is C[C@@H]1[C@H](C)CCC[C@@H]1NC(=O)[C@@H](C)OC(=O)c1ccc(C#N)cc1. The molecule has 128 valence electrons. The number of amides is 1. The Labute approximate surface area is 143 Å². The third-order valence-corrected chi connectivity index (χ3v) is 4.94. The number of nitrogens with one attached hydrogen (secondary N) is 1. The normalized spacial score (nSPS) is 24.5. The number of hydrogen-bond donors (Lipinski definition) is 1. The van der Waals surface area contributed by atoms with E-state index in [1.54, 1.807) is 19.1 Å². The van der Waals surface area contributed by atoms with Crippen LogP contribution in [0, 0.1) is 23.2 Å². The molecule has 0 aromatic heterocycles. The Morgan fingerprint density at radius 1 is 1.25 bits per heavy atom. The van der Waals surface area contributed by atoms with E-state index in [4.69, 9.17) is 10.00 Å². The van der Waals surface area contributed by atoms with Crippen LogP contribution in [0.1, 0.15) is 56.0 Å². The zero-order chi connectivity index (χ0) is 17.7. The van der Waals surface area contributed by atoms with Crippen LogP contribution in [0.2, 0.25) is 0 Å². The molecule has 1 fully saturated rings. The van der Waals surface area contributed by atoms with Gasteiger partial charge in [0.25, 0.3) is 5.91 Å². The summed E-state index contributed by atoms with van der Waals surface area (Å²) in [6, 6.07) is 8.27. The van der Waals surface area contributed by atoms with Crippen molar-refractivity contribution in [1.29, 1.82) is 5.26 Å². The minimum absolute atomic E-state index is 0.136. The fourth-order valence-corrected chi connectivity index (χ4v) is 3.05. The van der Waals surface area contributed by atoms with Crippen molar-refractivity contribution in [3.8, 4) is 6.07 Å². The van der Waals surface area contributed by atoms with Crippen LogP contribution in [0.3, 0.4) is 0 Å². The highest BCUT2D eigenvalue weighted by molar-refractivity contribution is 5.92. The van der Waals surface area contributed by atoms with Crippen molar-refractivity contribution >= 4 is 11.9 Å². The molecule has 0 heterocycles. The Bertz CT molecular complexity index is 633. The Morgan fingerprint density at radius 3 is 2.54 bits per heavy atom. The molecule has 5 nitrogen and oxygen atoms in total. The van der Waals surface area contributed by atoms with E-state index in [0.29, 0.717) is 23.0 Å². The zero-order valence-electron chi connectivity index (χ0n) is 14.4. The molecule has 2 rings (SSSR count). The van der Waals surface area contributed by atoms with E-state index in [0.717, 1.165) is 12.8 Å². The van der Waals surface area contributed by atoms with Gasteiger partial charge in [0.2, 0.25) is 0 Å². The molecule has 0 radical (unpaired) electrons. The minimum Gasteiger partial charge on any atom is -0.449 e. The molecule has 0 aliphatic heterocycles. The summed E-state index contributed by atoms with van der Waals surface area (Å²) in [7, 11) is 0. The standard InChI is InChI=1S/C19H24N2O3/c1-12-5-4-6-17(13(12)2)21-18(22)14(3)24-19(23)16-9-7-15(11-20)8-10-16/h7-10,12-14,17H,4-6H2,1-3H3,(H,21,22)/t12-,13-,14-,17+/m1/s1. The highest BCUT2D eigenvalue weighted by atomic mass is 16.5. The maximum absolute atomic E-state index is 12.3. The molecule has 5 heteroatoms. The van der Waals surface area contributed by atoms with Gasteiger partial charge in [-0.25, -0.2) is 4.79 Å². The monoisotopic (exact) mass is 328 g/mol. The van der Waals surface area contributed by atoms with Gasteiger partial charge in [-0.15, -0.1) is 0 Å². The minimum atomic E-state index is -0.849. The van der Waals surface area contributed by atoms with E-state index >= 15 is 0 Å². The second-order valence-corrected chi connectivity index (χ2v) is 6.62. The number of ether oxygens (including phenoxy) is 1. The number of carbonyl (C=O) groups excluding carboxylic acids is 2. The molecule has 24 heavy (non-hydrogen) atoms. The van der Waals surface area contributed by atoms with Crippen LogP contribution in [-0.4, -0.2) is 24.0 Å².